The van der Waals surface area contributed by atoms with Gasteiger partial charge in [-0.3, -0.25) is 14.4 Å². The Morgan fingerprint density at radius 3 is 2.22 bits per heavy atom. The summed E-state index contributed by atoms with van der Waals surface area (Å²) in [6, 6.07) is 16.3. The molecule has 0 saturated heterocycles. The quantitative estimate of drug-likeness (QED) is 0.375. The molecule has 0 heterocycles. The molecule has 0 bridgehead atoms. The molecule has 0 aromatic heterocycles. The Labute approximate surface area is 207 Å². The van der Waals surface area contributed by atoms with Crippen LogP contribution >= 0.6 is 0 Å². The summed E-state index contributed by atoms with van der Waals surface area (Å²) in [5.41, 5.74) is 2.37. The van der Waals surface area contributed by atoms with Gasteiger partial charge in [-0.25, -0.2) is 4.79 Å². The lowest BCUT2D eigenvalue weighted by atomic mass is 9.84. The van der Waals surface area contributed by atoms with Crippen LogP contribution in [0, 0.1) is 0 Å². The van der Waals surface area contributed by atoms with Crippen LogP contribution in [-0.2, 0) is 14.3 Å². The monoisotopic (exact) mass is 485 g/mol. The van der Waals surface area contributed by atoms with E-state index in [1.807, 2.05) is 25.1 Å². The molecular formula is C28H23NO7. The van der Waals surface area contributed by atoms with Crippen molar-refractivity contribution in [2.24, 2.45) is 0 Å². The normalized spacial score (nSPS) is 12.1. The number of amides is 1. The molecule has 0 fully saturated rings. The predicted molar refractivity (Wildman–Crippen MR) is 133 cm³/mol. The summed E-state index contributed by atoms with van der Waals surface area (Å²) in [4.78, 5) is 49.9. The van der Waals surface area contributed by atoms with Gasteiger partial charge in [0.05, 0.1) is 7.11 Å². The number of esters is 1. The number of rotatable bonds is 8. The van der Waals surface area contributed by atoms with E-state index in [4.69, 9.17) is 14.2 Å². The number of methoxy groups -OCH3 is 1. The molecule has 182 valence electrons. The first-order valence-electron chi connectivity index (χ1n) is 11.1. The second kappa shape index (κ2) is 10.7. The molecule has 0 radical (unpaired) electrons. The van der Waals surface area contributed by atoms with Crippen molar-refractivity contribution in [3.8, 4) is 11.5 Å². The van der Waals surface area contributed by atoms with Gasteiger partial charge in [0.15, 0.2) is 36.3 Å². The number of allylic oxidation sites excluding steroid dienone is 1. The van der Waals surface area contributed by atoms with Crippen molar-refractivity contribution >= 4 is 35.2 Å². The highest BCUT2D eigenvalue weighted by molar-refractivity contribution is 6.28. The smallest absolute Gasteiger partial charge is 0.344 e. The van der Waals surface area contributed by atoms with Crippen LogP contribution in [0.4, 0.5) is 5.69 Å². The van der Waals surface area contributed by atoms with Crippen LogP contribution in [0.2, 0.25) is 0 Å². The molecule has 8 nitrogen and oxygen atoms in total. The number of nitrogens with one attached hydrogen (secondary N) is 1. The SMILES string of the molecule is C/C=C/c1ccc(OCC(=O)OCC(=O)Nc2ccc3c(c2)C(=O)c2ccccc2C3=O)c(OC)c1. The second-order valence-electron chi connectivity index (χ2n) is 7.87. The van der Waals surface area contributed by atoms with Gasteiger partial charge in [0.2, 0.25) is 0 Å². The lowest BCUT2D eigenvalue weighted by Gasteiger charge is -2.18. The Bertz CT molecular complexity index is 1390. The third-order valence-electron chi connectivity index (χ3n) is 5.47. The largest absolute Gasteiger partial charge is 0.493 e. The van der Waals surface area contributed by atoms with Crippen molar-refractivity contribution in [3.05, 3.63) is 94.6 Å². The van der Waals surface area contributed by atoms with Crippen molar-refractivity contribution in [3.63, 3.8) is 0 Å². The molecule has 0 saturated carbocycles. The highest BCUT2D eigenvalue weighted by Gasteiger charge is 2.29. The molecule has 0 spiro atoms. The fraction of sp³-hybridized carbons (Fsp3) is 0.143. The van der Waals surface area contributed by atoms with E-state index < -0.39 is 25.1 Å². The van der Waals surface area contributed by atoms with Gasteiger partial charge < -0.3 is 19.5 Å². The summed E-state index contributed by atoms with van der Waals surface area (Å²) in [7, 11) is 1.49. The van der Waals surface area contributed by atoms with Crippen molar-refractivity contribution in [2.75, 3.05) is 25.6 Å². The van der Waals surface area contributed by atoms with Gasteiger partial charge in [0.1, 0.15) is 0 Å². The lowest BCUT2D eigenvalue weighted by molar-refractivity contribution is -0.149. The molecule has 0 unspecified atom stereocenters. The van der Waals surface area contributed by atoms with Crippen LogP contribution in [-0.4, -0.2) is 43.8 Å². The number of anilines is 1. The molecule has 0 atom stereocenters. The maximum absolute atomic E-state index is 12.8. The number of carbonyl (C=O) groups excluding carboxylic acids is 4. The van der Waals surface area contributed by atoms with Crippen LogP contribution in [0.5, 0.6) is 11.5 Å². The standard InChI is InChI=1S/C28H23NO7/c1-3-6-17-9-12-23(24(13-17)34-2)35-16-26(31)36-15-25(30)29-18-10-11-21-22(14-18)28(33)20-8-5-4-7-19(20)27(21)32/h3-14H,15-16H2,1-2H3,(H,29,30)/b6-3+. The first-order chi connectivity index (χ1) is 17.4. The highest BCUT2D eigenvalue weighted by Crippen LogP contribution is 2.30. The van der Waals surface area contributed by atoms with Gasteiger partial charge in [0, 0.05) is 27.9 Å². The van der Waals surface area contributed by atoms with Crippen LogP contribution < -0.4 is 14.8 Å². The molecule has 0 aliphatic heterocycles. The van der Waals surface area contributed by atoms with E-state index in [0.717, 1.165) is 5.56 Å². The summed E-state index contributed by atoms with van der Waals surface area (Å²) >= 11 is 0. The molecule has 4 rings (SSSR count). The molecule has 1 aliphatic rings. The number of ether oxygens (including phenoxy) is 3. The van der Waals surface area contributed by atoms with E-state index in [-0.39, 0.29) is 22.7 Å². The van der Waals surface area contributed by atoms with Crippen LogP contribution in [0.15, 0.2) is 66.7 Å². The zero-order valence-electron chi connectivity index (χ0n) is 19.7. The van der Waals surface area contributed by atoms with Gasteiger partial charge in [-0.15, -0.1) is 0 Å². The summed E-state index contributed by atoms with van der Waals surface area (Å²) in [6.45, 7) is 0.933. The minimum absolute atomic E-state index is 0.205. The van der Waals surface area contributed by atoms with Gasteiger partial charge in [0.25, 0.3) is 5.91 Å². The van der Waals surface area contributed by atoms with Crippen LogP contribution in [0.25, 0.3) is 6.08 Å². The molecule has 3 aromatic rings. The number of hydrogen-bond acceptors (Lipinski definition) is 7. The van der Waals surface area contributed by atoms with Gasteiger partial charge in [-0.2, -0.15) is 0 Å². The lowest BCUT2D eigenvalue weighted by Crippen LogP contribution is -2.24. The first-order valence-corrected chi connectivity index (χ1v) is 11.1. The average Bonchev–Trinajstić information content (AvgIpc) is 2.90. The Kier molecular flexibility index (Phi) is 7.25. The third kappa shape index (κ3) is 5.17. The van der Waals surface area contributed by atoms with Crippen molar-refractivity contribution in [1.29, 1.82) is 0 Å². The topological polar surface area (TPSA) is 108 Å². The van der Waals surface area contributed by atoms with E-state index >= 15 is 0 Å². The van der Waals surface area contributed by atoms with Crippen LogP contribution in [0.3, 0.4) is 0 Å². The van der Waals surface area contributed by atoms with Gasteiger partial charge in [-0.1, -0.05) is 42.5 Å². The fourth-order valence-corrected chi connectivity index (χ4v) is 3.80. The minimum atomic E-state index is -0.743. The number of carbonyl (C=O) groups is 4. The Balaban J connectivity index is 1.32. The zero-order chi connectivity index (χ0) is 25.7. The van der Waals surface area contributed by atoms with Gasteiger partial charge >= 0.3 is 5.97 Å². The van der Waals surface area contributed by atoms with E-state index in [1.165, 1.54) is 25.3 Å². The molecule has 3 aromatic carbocycles. The number of fused-ring (bicyclic) bond motifs is 2. The summed E-state index contributed by atoms with van der Waals surface area (Å²) in [6.07, 6.45) is 3.78. The number of ketones is 2. The molecular weight excluding hydrogens is 462 g/mol. The zero-order valence-corrected chi connectivity index (χ0v) is 19.7. The van der Waals surface area contributed by atoms with Crippen molar-refractivity contribution in [2.45, 2.75) is 6.92 Å². The average molecular weight is 485 g/mol. The predicted octanol–water partition coefficient (Wildman–Crippen LogP) is 4.06. The minimum Gasteiger partial charge on any atom is -0.493 e. The highest BCUT2D eigenvalue weighted by atomic mass is 16.6. The van der Waals surface area contributed by atoms with Crippen molar-refractivity contribution in [1.82, 2.24) is 0 Å². The van der Waals surface area contributed by atoms with E-state index in [1.54, 1.807) is 36.4 Å². The maximum atomic E-state index is 12.8. The second-order valence-corrected chi connectivity index (χ2v) is 7.87. The van der Waals surface area contributed by atoms with E-state index in [2.05, 4.69) is 5.32 Å². The summed E-state index contributed by atoms with van der Waals surface area (Å²) in [5, 5.41) is 2.57. The Morgan fingerprint density at radius 1 is 0.833 bits per heavy atom. The fourth-order valence-electron chi connectivity index (χ4n) is 3.80. The van der Waals surface area contributed by atoms with Crippen LogP contribution in [0.1, 0.15) is 44.3 Å². The molecule has 1 aliphatic carbocycles. The molecule has 1 N–H and O–H groups in total. The molecule has 8 heteroatoms. The van der Waals surface area contributed by atoms with Crippen molar-refractivity contribution < 1.29 is 33.4 Å². The van der Waals surface area contributed by atoms with E-state index in [9.17, 15) is 19.2 Å². The molecule has 36 heavy (non-hydrogen) atoms. The maximum Gasteiger partial charge on any atom is 0.344 e. The number of benzene rings is 3. The first kappa shape index (κ1) is 24.4. The molecule has 1 amide bonds. The summed E-state index contributed by atoms with van der Waals surface area (Å²) in [5.74, 6) is -1.07. The van der Waals surface area contributed by atoms with Gasteiger partial charge in [-0.05, 0) is 42.8 Å². The summed E-state index contributed by atoms with van der Waals surface area (Å²) < 4.78 is 15.7. The Morgan fingerprint density at radius 2 is 1.53 bits per heavy atom. The Hall–Kier alpha value is -4.72. The number of hydrogen-bond donors (Lipinski definition) is 1. The van der Waals surface area contributed by atoms with E-state index in [0.29, 0.717) is 28.3 Å². The third-order valence-corrected chi connectivity index (χ3v) is 5.47.